The number of hydrogen-bond donors (Lipinski definition) is 0. The number of rotatable bonds is 7. The van der Waals surface area contributed by atoms with Crippen LogP contribution in [0.2, 0.25) is 5.54 Å². The third-order valence-corrected chi connectivity index (χ3v) is 14.0. The number of aryl methyl sites for hydroxylation is 3. The monoisotopic (exact) mass is 512 g/mol. The number of methoxy groups -OCH3 is 3. The Morgan fingerprint density at radius 1 is 0.486 bits per heavy atom. The van der Waals surface area contributed by atoms with Gasteiger partial charge in [-0.1, -0.05) is 47.5 Å². The summed E-state index contributed by atoms with van der Waals surface area (Å²) in [6, 6.07) is 20.5. The molecule has 4 rings (SSSR count). The van der Waals surface area contributed by atoms with E-state index < -0.39 is 8.07 Å². The molecule has 0 heterocycles. The summed E-state index contributed by atoms with van der Waals surface area (Å²) in [4.78, 5) is 0. The maximum atomic E-state index is 5.69. The zero-order chi connectivity index (χ0) is 27.1. The van der Waals surface area contributed by atoms with E-state index in [1.807, 2.05) is 0 Å². The van der Waals surface area contributed by atoms with E-state index in [1.165, 1.54) is 37.9 Å². The van der Waals surface area contributed by atoms with Crippen molar-refractivity contribution in [3.8, 4) is 17.2 Å². The average molecular weight is 513 g/mol. The third-order valence-electron chi connectivity index (χ3n) is 8.60. The largest absolute Gasteiger partial charge is 0.496 e. The highest BCUT2D eigenvalue weighted by Gasteiger charge is 2.50. The van der Waals surface area contributed by atoms with Crippen LogP contribution in [0.1, 0.15) is 44.4 Å². The minimum absolute atomic E-state index is 0.292. The summed E-state index contributed by atoms with van der Waals surface area (Å²) < 4.78 is 17.1. The molecule has 1 aliphatic rings. The van der Waals surface area contributed by atoms with Gasteiger partial charge < -0.3 is 14.2 Å². The Balaban J connectivity index is 2.21. The lowest BCUT2D eigenvalue weighted by Gasteiger charge is -2.41. The van der Waals surface area contributed by atoms with E-state index in [2.05, 4.69) is 103 Å². The molecule has 0 atom stereocenters. The number of hydrogen-bond acceptors (Lipinski definition) is 3. The van der Waals surface area contributed by atoms with Crippen molar-refractivity contribution < 1.29 is 14.2 Å². The van der Waals surface area contributed by atoms with Crippen LogP contribution >= 0.6 is 0 Å². The van der Waals surface area contributed by atoms with E-state index in [-0.39, 0.29) is 0 Å². The molecule has 0 fully saturated rings. The van der Waals surface area contributed by atoms with E-state index in [0.717, 1.165) is 33.9 Å². The van der Waals surface area contributed by atoms with Crippen molar-refractivity contribution in [1.29, 1.82) is 0 Å². The zero-order valence-corrected chi connectivity index (χ0v) is 25.0. The summed E-state index contributed by atoms with van der Waals surface area (Å²) in [6.07, 6.45) is 0. The van der Waals surface area contributed by atoms with Crippen LogP contribution in [0.5, 0.6) is 17.2 Å². The first kappa shape index (κ1) is 26.8. The molecular weight excluding hydrogens is 472 g/mol. The fourth-order valence-corrected chi connectivity index (χ4v) is 12.5. The molecule has 3 aromatic carbocycles. The molecule has 4 heteroatoms. The van der Waals surface area contributed by atoms with Crippen molar-refractivity contribution >= 4 is 23.6 Å². The molecule has 3 aromatic rings. The van der Waals surface area contributed by atoms with Crippen LogP contribution in [0.4, 0.5) is 0 Å². The second-order valence-corrected chi connectivity index (χ2v) is 14.3. The van der Waals surface area contributed by atoms with Crippen molar-refractivity contribution in [2.24, 2.45) is 0 Å². The summed E-state index contributed by atoms with van der Waals surface area (Å²) in [5, 5.41) is 4.14. The van der Waals surface area contributed by atoms with E-state index >= 15 is 0 Å². The highest BCUT2D eigenvalue weighted by atomic mass is 28.3. The lowest BCUT2D eigenvalue weighted by atomic mass is 10.1. The summed E-state index contributed by atoms with van der Waals surface area (Å²) in [5.41, 5.74) is 9.53. The first-order valence-electron chi connectivity index (χ1n) is 12.9. The van der Waals surface area contributed by atoms with Crippen molar-refractivity contribution in [2.75, 3.05) is 21.3 Å². The molecule has 0 amide bonds. The van der Waals surface area contributed by atoms with Gasteiger partial charge >= 0.3 is 0 Å². The number of ether oxygens (including phenoxy) is 3. The van der Waals surface area contributed by atoms with Gasteiger partial charge in [0.2, 0.25) is 0 Å². The number of allylic oxidation sites excluding steroid dienone is 4. The predicted octanol–water partition coefficient (Wildman–Crippen LogP) is 6.16. The standard InChI is InChI=1S/C33H40O3Si/c1-20-17-27(11-14-30(20)34-8)37(28-12-15-31(35-9)21(2)18-28,29-13-16-32(36-10)22(3)19-29)33-25(6)23(4)24(5)26(33)7/h11-19,33H,1-10H3. The molecule has 0 radical (unpaired) electrons. The van der Waals surface area contributed by atoms with Crippen molar-refractivity contribution in [3.05, 3.63) is 93.6 Å². The van der Waals surface area contributed by atoms with Crippen molar-refractivity contribution in [1.82, 2.24) is 0 Å². The molecule has 0 bridgehead atoms. The van der Waals surface area contributed by atoms with Gasteiger partial charge in [-0.15, -0.1) is 0 Å². The molecular formula is C33H40O3Si. The Morgan fingerprint density at radius 2 is 0.784 bits per heavy atom. The maximum Gasteiger partial charge on any atom is 0.159 e. The van der Waals surface area contributed by atoms with Crippen LogP contribution in [-0.2, 0) is 0 Å². The zero-order valence-electron chi connectivity index (χ0n) is 24.0. The van der Waals surface area contributed by atoms with Gasteiger partial charge in [-0.2, -0.15) is 0 Å². The average Bonchev–Trinajstić information content (AvgIpc) is 3.08. The lowest BCUT2D eigenvalue weighted by molar-refractivity contribution is 0.412. The van der Waals surface area contributed by atoms with E-state index in [9.17, 15) is 0 Å². The maximum absolute atomic E-state index is 5.69. The SMILES string of the molecule is COc1ccc([Si](c2ccc(OC)c(C)c2)(c2ccc(OC)c(C)c2)C2C(C)=C(C)C(C)=C2C)cc1C. The van der Waals surface area contributed by atoms with Crippen LogP contribution in [0, 0.1) is 20.8 Å². The predicted molar refractivity (Wildman–Crippen MR) is 158 cm³/mol. The molecule has 0 aromatic heterocycles. The quantitative estimate of drug-likeness (QED) is 0.280. The van der Waals surface area contributed by atoms with Crippen LogP contribution < -0.4 is 29.8 Å². The van der Waals surface area contributed by atoms with Gasteiger partial charge in [0.25, 0.3) is 0 Å². The van der Waals surface area contributed by atoms with Gasteiger partial charge in [0.1, 0.15) is 17.2 Å². The molecule has 0 saturated heterocycles. The van der Waals surface area contributed by atoms with Crippen LogP contribution in [-0.4, -0.2) is 29.4 Å². The summed E-state index contributed by atoms with van der Waals surface area (Å²) >= 11 is 0. The number of benzene rings is 3. The summed E-state index contributed by atoms with van der Waals surface area (Å²) in [6.45, 7) is 15.7. The Bertz CT molecular complexity index is 1260. The molecule has 3 nitrogen and oxygen atoms in total. The van der Waals surface area contributed by atoms with Crippen molar-refractivity contribution in [2.45, 2.75) is 54.0 Å². The minimum atomic E-state index is -2.68. The van der Waals surface area contributed by atoms with E-state index in [1.54, 1.807) is 21.3 Å². The molecule has 1 aliphatic carbocycles. The second-order valence-electron chi connectivity index (χ2n) is 10.4. The molecule has 194 valence electrons. The lowest BCUT2D eigenvalue weighted by Crippen LogP contribution is -2.70. The first-order valence-corrected chi connectivity index (χ1v) is 15.0. The minimum Gasteiger partial charge on any atom is -0.496 e. The third kappa shape index (κ3) is 4.21. The van der Waals surface area contributed by atoms with Crippen LogP contribution in [0.3, 0.4) is 0 Å². The van der Waals surface area contributed by atoms with Gasteiger partial charge in [0, 0.05) is 5.54 Å². The highest BCUT2D eigenvalue weighted by Crippen LogP contribution is 2.47. The molecule has 0 N–H and O–H groups in total. The molecule has 0 saturated carbocycles. The van der Waals surface area contributed by atoms with Gasteiger partial charge in [-0.25, -0.2) is 0 Å². The van der Waals surface area contributed by atoms with Gasteiger partial charge in [0.05, 0.1) is 21.3 Å². The summed E-state index contributed by atoms with van der Waals surface area (Å²) in [5.74, 6) is 2.75. The first-order chi connectivity index (χ1) is 17.6. The summed E-state index contributed by atoms with van der Waals surface area (Å²) in [7, 11) is 2.55. The molecule has 0 unspecified atom stereocenters. The van der Waals surface area contributed by atoms with Gasteiger partial charge in [0.15, 0.2) is 8.07 Å². The second kappa shape index (κ2) is 10.3. The highest BCUT2D eigenvalue weighted by molar-refractivity contribution is 7.13. The van der Waals surface area contributed by atoms with Gasteiger partial charge in [-0.05, 0) is 110 Å². The Morgan fingerprint density at radius 3 is 1.03 bits per heavy atom. The van der Waals surface area contributed by atoms with E-state index in [4.69, 9.17) is 14.2 Å². The fourth-order valence-electron chi connectivity index (χ4n) is 6.37. The van der Waals surface area contributed by atoms with E-state index in [0.29, 0.717) is 5.54 Å². The Hall–Kier alpha value is -3.24. The fraction of sp³-hybridized carbons (Fsp3) is 0.333. The van der Waals surface area contributed by atoms with Crippen LogP contribution in [0.15, 0.2) is 76.9 Å². The normalized spacial score (nSPS) is 14.4. The van der Waals surface area contributed by atoms with Crippen LogP contribution in [0.25, 0.3) is 0 Å². The smallest absolute Gasteiger partial charge is 0.159 e. The molecule has 0 aliphatic heterocycles. The Kier molecular flexibility index (Phi) is 7.43. The molecule has 37 heavy (non-hydrogen) atoms. The topological polar surface area (TPSA) is 27.7 Å². The van der Waals surface area contributed by atoms with Crippen molar-refractivity contribution in [3.63, 3.8) is 0 Å². The Labute approximate surface area is 223 Å². The van der Waals surface area contributed by atoms with Gasteiger partial charge in [-0.3, -0.25) is 0 Å². The molecule has 0 spiro atoms.